The number of aliphatic hydroxyl groups is 1. The van der Waals surface area contributed by atoms with Gasteiger partial charge in [-0.15, -0.1) is 0 Å². The number of halogens is 3. The predicted molar refractivity (Wildman–Crippen MR) is 122 cm³/mol. The van der Waals surface area contributed by atoms with Crippen LogP contribution in [-0.4, -0.2) is 28.2 Å². The van der Waals surface area contributed by atoms with Crippen molar-refractivity contribution in [3.05, 3.63) is 54.1 Å². The molecule has 1 aromatic carbocycles. The molecule has 1 N–H and O–H groups in total. The largest absolute Gasteiger partial charge is 1.00 e. The highest BCUT2D eigenvalue weighted by Gasteiger charge is 2.52. The van der Waals surface area contributed by atoms with Crippen LogP contribution >= 0.6 is 0 Å². The summed E-state index contributed by atoms with van der Waals surface area (Å²) in [5.74, 6) is -3.47. The molecule has 8 heteroatoms. The van der Waals surface area contributed by atoms with Crippen LogP contribution in [0.2, 0.25) is 0 Å². The minimum absolute atomic E-state index is 0. The molecule has 1 saturated carbocycles. The molecule has 3 rings (SSSR count). The summed E-state index contributed by atoms with van der Waals surface area (Å²) in [5.41, 5.74) is -1.76. The number of carbonyl (C=O) groups excluding carboxylic acids is 1. The van der Waals surface area contributed by atoms with E-state index in [0.717, 1.165) is 18.8 Å². The van der Waals surface area contributed by atoms with Gasteiger partial charge in [-0.25, -0.2) is 22.7 Å². The topological polar surface area (TPSA) is 55.3 Å². The van der Waals surface area contributed by atoms with Crippen molar-refractivity contribution >= 4 is 5.97 Å². The number of imidazole rings is 1. The van der Waals surface area contributed by atoms with E-state index >= 15 is 0 Å². The lowest BCUT2D eigenvalue weighted by molar-refractivity contribution is -0.702. The normalized spacial score (nSPS) is 19.1. The average molecular weight is 543 g/mol. The number of nitrogens with zero attached hydrogens (tertiary/aromatic N) is 2. The van der Waals surface area contributed by atoms with E-state index in [1.807, 2.05) is 6.20 Å². The first-order chi connectivity index (χ1) is 15.8. The van der Waals surface area contributed by atoms with Crippen LogP contribution in [0.5, 0.6) is 0 Å². The number of alkyl halides is 2. The van der Waals surface area contributed by atoms with E-state index in [1.165, 1.54) is 12.8 Å². The van der Waals surface area contributed by atoms with E-state index in [2.05, 4.69) is 29.2 Å². The fourth-order valence-electron chi connectivity index (χ4n) is 4.80. The molecule has 1 aliphatic rings. The molecule has 0 bridgehead atoms. The maximum absolute atomic E-state index is 14.1. The van der Waals surface area contributed by atoms with Crippen molar-refractivity contribution in [2.75, 3.05) is 6.61 Å². The molecule has 34 heavy (non-hydrogen) atoms. The molecular weight excluding hydrogens is 506 g/mol. The van der Waals surface area contributed by atoms with Crippen LogP contribution in [0.1, 0.15) is 69.7 Å². The summed E-state index contributed by atoms with van der Waals surface area (Å²) >= 11 is 0. The van der Waals surface area contributed by atoms with Crippen LogP contribution in [0, 0.1) is 12.8 Å². The summed E-state index contributed by atoms with van der Waals surface area (Å²) in [4.78, 5) is 13.1. The Morgan fingerprint density at radius 2 is 2.00 bits per heavy atom. The van der Waals surface area contributed by atoms with Crippen molar-refractivity contribution in [1.82, 2.24) is 4.57 Å². The zero-order valence-corrected chi connectivity index (χ0v) is 21.8. The molecule has 5 nitrogen and oxygen atoms in total. The lowest BCUT2D eigenvalue weighted by Crippen LogP contribution is -3.00. The van der Waals surface area contributed by atoms with Gasteiger partial charge in [0.1, 0.15) is 12.4 Å². The molecule has 0 saturated heterocycles. The van der Waals surface area contributed by atoms with Gasteiger partial charge in [-0.1, -0.05) is 43.7 Å². The van der Waals surface area contributed by atoms with E-state index in [9.17, 15) is 18.7 Å². The molecule has 190 valence electrons. The monoisotopic (exact) mass is 542 g/mol. The predicted octanol–water partition coefficient (Wildman–Crippen LogP) is 1.92. The van der Waals surface area contributed by atoms with Crippen LogP contribution in [0.4, 0.5) is 8.78 Å². The van der Waals surface area contributed by atoms with Crippen molar-refractivity contribution < 1.29 is 45.0 Å². The molecule has 1 fully saturated rings. The highest BCUT2D eigenvalue weighted by molar-refractivity contribution is 5.81. The lowest BCUT2D eigenvalue weighted by atomic mass is 9.72. The molecular formula is C26H37BrF2N2O3. The molecule has 2 aromatic rings. The molecule has 1 aliphatic carbocycles. The first-order valence-electron chi connectivity index (χ1n) is 12.2. The first-order valence-corrected chi connectivity index (χ1v) is 12.2. The van der Waals surface area contributed by atoms with Crippen LogP contribution in [0.25, 0.3) is 0 Å². The second kappa shape index (κ2) is 12.8. The number of hydrogen-bond acceptors (Lipinski definition) is 3. The van der Waals surface area contributed by atoms with Gasteiger partial charge in [0, 0.05) is 32.1 Å². The second-order valence-electron chi connectivity index (χ2n) is 9.21. The van der Waals surface area contributed by atoms with Gasteiger partial charge in [0.05, 0.1) is 19.7 Å². The van der Waals surface area contributed by atoms with Gasteiger partial charge < -0.3 is 26.8 Å². The summed E-state index contributed by atoms with van der Waals surface area (Å²) in [6, 6.07) is 8.36. The molecule has 0 unspecified atom stereocenters. The molecule has 0 spiro atoms. The van der Waals surface area contributed by atoms with E-state index in [4.69, 9.17) is 4.74 Å². The third kappa shape index (κ3) is 6.87. The lowest BCUT2D eigenvalue weighted by Gasteiger charge is -2.39. The highest BCUT2D eigenvalue weighted by Crippen LogP contribution is 2.45. The first kappa shape index (κ1) is 28.4. The maximum Gasteiger partial charge on any atom is 0.343 e. The van der Waals surface area contributed by atoms with Crippen molar-refractivity contribution in [3.63, 3.8) is 0 Å². The number of rotatable bonds is 11. The van der Waals surface area contributed by atoms with Crippen LogP contribution in [0.15, 0.2) is 42.7 Å². The van der Waals surface area contributed by atoms with Crippen LogP contribution in [0.3, 0.4) is 0 Å². The van der Waals surface area contributed by atoms with E-state index in [1.54, 1.807) is 30.3 Å². The Bertz CT molecular complexity index is 907. The number of aryl methyl sites for hydroxylation is 2. The minimum Gasteiger partial charge on any atom is -1.00 e. The van der Waals surface area contributed by atoms with Crippen molar-refractivity contribution in [1.29, 1.82) is 0 Å². The average Bonchev–Trinajstić information content (AvgIpc) is 3.15. The Hall–Kier alpha value is -1.80. The van der Waals surface area contributed by atoms with Gasteiger partial charge >= 0.3 is 5.97 Å². The number of carbonyl (C=O) groups is 1. The maximum atomic E-state index is 14.1. The van der Waals surface area contributed by atoms with Crippen molar-refractivity contribution in [2.24, 2.45) is 5.92 Å². The quantitative estimate of drug-likeness (QED) is 0.268. The fourth-order valence-corrected chi connectivity index (χ4v) is 4.80. The zero-order valence-electron chi connectivity index (χ0n) is 20.2. The number of benzene rings is 1. The van der Waals surface area contributed by atoms with Crippen molar-refractivity contribution in [2.45, 2.75) is 89.8 Å². The van der Waals surface area contributed by atoms with E-state index in [0.29, 0.717) is 24.9 Å². The Morgan fingerprint density at radius 1 is 1.26 bits per heavy atom. The molecule has 1 heterocycles. The Kier molecular flexibility index (Phi) is 10.7. The Labute approximate surface area is 211 Å². The number of aromatic nitrogens is 2. The highest BCUT2D eigenvalue weighted by atomic mass is 79.9. The molecule has 0 radical (unpaired) electrons. The Morgan fingerprint density at radius 3 is 2.68 bits per heavy atom. The smallest absolute Gasteiger partial charge is 0.343 e. The van der Waals surface area contributed by atoms with Gasteiger partial charge in [0.2, 0.25) is 5.92 Å². The third-order valence-corrected chi connectivity index (χ3v) is 6.79. The zero-order chi connectivity index (χ0) is 23.9. The molecule has 0 amide bonds. The third-order valence-electron chi connectivity index (χ3n) is 6.79. The minimum atomic E-state index is -2.88. The number of ether oxygens (including phenoxy) is 1. The second-order valence-corrected chi connectivity index (χ2v) is 9.21. The summed E-state index contributed by atoms with van der Waals surface area (Å²) in [7, 11) is 0. The number of unbranched alkanes of at least 4 members (excludes halogenated alkanes) is 2. The van der Waals surface area contributed by atoms with Gasteiger partial charge in [-0.2, -0.15) is 0 Å². The van der Waals surface area contributed by atoms with Crippen LogP contribution < -0.4 is 21.5 Å². The summed E-state index contributed by atoms with van der Waals surface area (Å²) < 4.78 is 38.1. The number of hydrogen-bond donors (Lipinski definition) is 1. The fraction of sp³-hybridized carbons (Fsp3) is 0.615. The van der Waals surface area contributed by atoms with E-state index in [-0.39, 0.29) is 36.4 Å². The van der Waals surface area contributed by atoms with Gasteiger partial charge in [0.15, 0.2) is 5.60 Å². The molecule has 2 atom stereocenters. The summed E-state index contributed by atoms with van der Waals surface area (Å²) in [5, 5.41) is 11.5. The number of esters is 1. The van der Waals surface area contributed by atoms with Gasteiger partial charge in [-0.3, -0.25) is 0 Å². The van der Waals surface area contributed by atoms with Crippen molar-refractivity contribution in [3.8, 4) is 0 Å². The van der Waals surface area contributed by atoms with E-state index < -0.39 is 29.8 Å². The van der Waals surface area contributed by atoms with Gasteiger partial charge in [-0.05, 0) is 31.2 Å². The summed E-state index contributed by atoms with van der Waals surface area (Å²) in [6.07, 6.45) is 8.07. The molecule has 1 aromatic heterocycles. The van der Waals surface area contributed by atoms with Gasteiger partial charge in [0.25, 0.3) is 5.82 Å². The SMILES string of the molecule is CCCCC[n+]1ccn(CCCOC(=O)[C@](O)(c2ccccc2)[C@H]2CCCC(F)(F)C2)c1C.[Br-]. The summed E-state index contributed by atoms with van der Waals surface area (Å²) in [6.45, 7) is 6.02. The molecule has 0 aliphatic heterocycles. The van der Waals surface area contributed by atoms with Crippen LogP contribution in [-0.2, 0) is 28.2 Å². The Balaban J connectivity index is 0.00000408. The standard InChI is InChI=1S/C26H37F2N2O3.BrH/c1-3-4-8-15-29-17-18-30(21(29)2)16-10-19-33-24(31)26(32,22-11-6-5-7-12-22)23-13-9-14-25(27,28)20-23;/h5-7,11-12,17-18,23,32H,3-4,8-10,13-16,19-20H2,1-2H3;1H/q+1;/p-1/t23-,26-;/m0./s1.